The zero-order valence-corrected chi connectivity index (χ0v) is 22.7. The van der Waals surface area contributed by atoms with E-state index in [4.69, 9.17) is 9.47 Å². The summed E-state index contributed by atoms with van der Waals surface area (Å²) in [5, 5.41) is 0. The first kappa shape index (κ1) is 24.1. The first-order valence-electron chi connectivity index (χ1n) is 13.7. The third kappa shape index (κ3) is 4.85. The molecule has 0 aliphatic heterocycles. The highest BCUT2D eigenvalue weighted by molar-refractivity contribution is 7.99. The highest BCUT2D eigenvalue weighted by Crippen LogP contribution is 2.54. The molecule has 0 unspecified atom stereocenters. The van der Waals surface area contributed by atoms with E-state index in [9.17, 15) is 0 Å². The molecule has 3 heteroatoms. The highest BCUT2D eigenvalue weighted by atomic mass is 32.2. The summed E-state index contributed by atoms with van der Waals surface area (Å²) in [6.45, 7) is 7.85. The van der Waals surface area contributed by atoms with Crippen molar-refractivity contribution in [2.24, 2.45) is 23.7 Å². The minimum absolute atomic E-state index is 0.482. The van der Waals surface area contributed by atoms with Crippen molar-refractivity contribution in [3.8, 4) is 16.9 Å². The van der Waals surface area contributed by atoms with Crippen molar-refractivity contribution in [1.82, 2.24) is 0 Å². The molecule has 36 heavy (non-hydrogen) atoms. The van der Waals surface area contributed by atoms with E-state index >= 15 is 0 Å². The van der Waals surface area contributed by atoms with Crippen LogP contribution in [0, 0.1) is 44.4 Å². The van der Waals surface area contributed by atoms with Gasteiger partial charge in [-0.3, -0.25) is 0 Å². The Hall–Kier alpha value is -2.23. The lowest BCUT2D eigenvalue weighted by Crippen LogP contribution is -2.49. The topological polar surface area (TPSA) is 18.5 Å². The Morgan fingerprint density at radius 3 is 1.97 bits per heavy atom. The number of benzene rings is 3. The molecule has 0 amide bonds. The fraction of sp³-hybridized carbons (Fsp3) is 0.455. The summed E-state index contributed by atoms with van der Waals surface area (Å²) in [7, 11) is 0. The van der Waals surface area contributed by atoms with Crippen LogP contribution >= 0.6 is 11.8 Å². The summed E-state index contributed by atoms with van der Waals surface area (Å²) in [6.07, 6.45) is 7.60. The number of hydrogen-bond acceptors (Lipinski definition) is 3. The smallest absolute Gasteiger partial charge is 0.125 e. The van der Waals surface area contributed by atoms with E-state index in [0.29, 0.717) is 19.3 Å². The lowest BCUT2D eigenvalue weighted by Gasteiger charge is -2.54. The maximum Gasteiger partial charge on any atom is 0.125 e. The maximum atomic E-state index is 6.46. The predicted molar refractivity (Wildman–Crippen MR) is 149 cm³/mol. The molecule has 4 aliphatic rings. The number of aryl methyl sites for hydroxylation is 3. The van der Waals surface area contributed by atoms with Crippen LogP contribution < -0.4 is 4.74 Å². The van der Waals surface area contributed by atoms with Crippen molar-refractivity contribution < 1.29 is 9.47 Å². The summed E-state index contributed by atoms with van der Waals surface area (Å²) in [4.78, 5) is 2.53. The molecule has 4 fully saturated rings. The molecule has 0 aromatic heterocycles. The maximum absolute atomic E-state index is 6.46. The van der Waals surface area contributed by atoms with Crippen LogP contribution in [0.5, 0.6) is 5.75 Å². The van der Waals surface area contributed by atoms with Crippen molar-refractivity contribution in [3.05, 3.63) is 77.4 Å². The summed E-state index contributed by atoms with van der Waals surface area (Å²) >= 11 is 1.83. The number of ether oxygens (including phenoxy) is 2. The molecule has 7 rings (SSSR count). The second-order valence-corrected chi connectivity index (χ2v) is 12.5. The lowest BCUT2D eigenvalue weighted by molar-refractivity contribution is -0.129. The Bertz CT molecular complexity index is 1180. The molecule has 0 saturated heterocycles. The van der Waals surface area contributed by atoms with Crippen LogP contribution in [0.25, 0.3) is 11.1 Å². The van der Waals surface area contributed by atoms with Gasteiger partial charge in [0.1, 0.15) is 12.4 Å². The lowest BCUT2D eigenvalue weighted by atomic mass is 9.55. The molecule has 2 nitrogen and oxygen atoms in total. The molecular formula is C33H38O2S. The molecule has 4 bridgehead atoms. The van der Waals surface area contributed by atoms with Gasteiger partial charge in [0.15, 0.2) is 0 Å². The molecule has 0 heterocycles. The van der Waals surface area contributed by atoms with Crippen molar-refractivity contribution in [2.45, 2.75) is 68.8 Å². The summed E-state index contributed by atoms with van der Waals surface area (Å²) < 4.78 is 12.7. The minimum atomic E-state index is 0.482. The van der Waals surface area contributed by atoms with Gasteiger partial charge in [0.25, 0.3) is 0 Å². The van der Waals surface area contributed by atoms with E-state index in [-0.39, 0.29) is 0 Å². The fourth-order valence-corrected chi connectivity index (χ4v) is 8.61. The average molecular weight is 499 g/mol. The van der Waals surface area contributed by atoms with Gasteiger partial charge < -0.3 is 9.47 Å². The Kier molecular flexibility index (Phi) is 6.88. The van der Waals surface area contributed by atoms with E-state index < -0.39 is 0 Å². The summed E-state index contributed by atoms with van der Waals surface area (Å²) in [6, 6.07) is 21.9. The minimum Gasteiger partial charge on any atom is -0.491 e. The molecule has 0 atom stereocenters. The molecule has 4 aliphatic carbocycles. The normalized spacial score (nSPS) is 26.4. The Morgan fingerprint density at radius 2 is 1.31 bits per heavy atom. The second kappa shape index (κ2) is 10.3. The highest BCUT2D eigenvalue weighted by Gasteiger charge is 2.48. The molecule has 3 aromatic carbocycles. The van der Waals surface area contributed by atoms with Crippen LogP contribution in [0.15, 0.2) is 70.5 Å². The fourth-order valence-electron chi connectivity index (χ4n) is 7.45. The number of rotatable bonds is 8. The van der Waals surface area contributed by atoms with Crippen LogP contribution in [0.4, 0.5) is 0 Å². The van der Waals surface area contributed by atoms with Crippen LogP contribution in [0.1, 0.15) is 48.8 Å². The van der Waals surface area contributed by atoms with Crippen molar-refractivity contribution in [2.75, 3.05) is 13.2 Å². The van der Waals surface area contributed by atoms with Gasteiger partial charge >= 0.3 is 0 Å². The molecule has 4 saturated carbocycles. The molecule has 0 radical (unpaired) electrons. The first-order chi connectivity index (χ1) is 17.5. The average Bonchev–Trinajstić information content (AvgIpc) is 2.85. The van der Waals surface area contributed by atoms with E-state index in [1.807, 2.05) is 11.8 Å². The summed E-state index contributed by atoms with van der Waals surface area (Å²) in [5.74, 6) is 4.62. The van der Waals surface area contributed by atoms with Gasteiger partial charge in [0.05, 0.1) is 12.7 Å². The van der Waals surface area contributed by atoms with Gasteiger partial charge in [0, 0.05) is 9.79 Å². The second-order valence-electron chi connectivity index (χ2n) is 11.4. The molecule has 0 N–H and O–H groups in total. The molecular weight excluding hydrogens is 460 g/mol. The van der Waals surface area contributed by atoms with E-state index in [1.54, 1.807) is 0 Å². The Balaban J connectivity index is 1.09. The quantitative estimate of drug-likeness (QED) is 0.290. The SMILES string of the molecule is Cc1ccccc1-c1ccccc1Sc1cc(C)c(OCCOC2C3CC4CC(C3)CC2C4)c(C)c1. The third-order valence-corrected chi connectivity index (χ3v) is 9.81. The van der Waals surface area contributed by atoms with Gasteiger partial charge in [0.2, 0.25) is 0 Å². The van der Waals surface area contributed by atoms with E-state index in [2.05, 4.69) is 81.4 Å². The third-order valence-electron chi connectivity index (χ3n) is 8.76. The van der Waals surface area contributed by atoms with Crippen molar-refractivity contribution in [1.29, 1.82) is 0 Å². The molecule has 0 spiro atoms. The molecule has 3 aromatic rings. The van der Waals surface area contributed by atoms with Crippen LogP contribution in [-0.4, -0.2) is 19.3 Å². The largest absolute Gasteiger partial charge is 0.491 e. The molecule has 188 valence electrons. The van der Waals surface area contributed by atoms with Gasteiger partial charge in [-0.05, 0) is 123 Å². The van der Waals surface area contributed by atoms with Gasteiger partial charge in [-0.15, -0.1) is 0 Å². The van der Waals surface area contributed by atoms with E-state index in [1.165, 1.54) is 69.7 Å². The Morgan fingerprint density at radius 1 is 0.694 bits per heavy atom. The zero-order valence-electron chi connectivity index (χ0n) is 21.8. The first-order valence-corrected chi connectivity index (χ1v) is 14.6. The summed E-state index contributed by atoms with van der Waals surface area (Å²) in [5.41, 5.74) is 6.28. The van der Waals surface area contributed by atoms with Gasteiger partial charge in [-0.25, -0.2) is 0 Å². The van der Waals surface area contributed by atoms with Crippen molar-refractivity contribution in [3.63, 3.8) is 0 Å². The van der Waals surface area contributed by atoms with E-state index in [0.717, 1.165) is 29.4 Å². The van der Waals surface area contributed by atoms with Gasteiger partial charge in [-0.1, -0.05) is 54.2 Å². The predicted octanol–water partition coefficient (Wildman–Crippen LogP) is 8.65. The Labute approximate surface area is 220 Å². The monoisotopic (exact) mass is 498 g/mol. The van der Waals surface area contributed by atoms with Gasteiger partial charge in [-0.2, -0.15) is 0 Å². The number of hydrogen-bond donors (Lipinski definition) is 0. The zero-order chi connectivity index (χ0) is 24.6. The van der Waals surface area contributed by atoms with Crippen LogP contribution in [0.3, 0.4) is 0 Å². The standard InChI is InChI=1S/C33H38O2S/c1-21-8-4-5-9-29(21)30-10-6-7-11-31(30)36-28-14-22(2)32(23(3)15-28)34-12-13-35-33-26-17-24-16-25(19-26)20-27(33)18-24/h4-11,14-15,24-27,33H,12-13,16-20H2,1-3H3. The van der Waals surface area contributed by atoms with Crippen molar-refractivity contribution >= 4 is 11.8 Å². The van der Waals surface area contributed by atoms with Crippen LogP contribution in [-0.2, 0) is 4.74 Å². The van der Waals surface area contributed by atoms with Crippen LogP contribution in [0.2, 0.25) is 0 Å².